The van der Waals surface area contributed by atoms with Gasteiger partial charge in [-0.15, -0.1) is 11.8 Å². The van der Waals surface area contributed by atoms with Crippen molar-refractivity contribution in [1.29, 1.82) is 0 Å². The van der Waals surface area contributed by atoms with Crippen LogP contribution in [0.3, 0.4) is 0 Å². The van der Waals surface area contributed by atoms with Crippen LogP contribution < -0.4 is 5.32 Å². The molecule has 2 aliphatic heterocycles. The summed E-state index contributed by atoms with van der Waals surface area (Å²) in [5, 5.41) is 2.71. The van der Waals surface area contributed by atoms with Crippen LogP contribution in [0.5, 0.6) is 0 Å². The van der Waals surface area contributed by atoms with Crippen molar-refractivity contribution in [3.05, 3.63) is 29.3 Å². The van der Waals surface area contributed by atoms with E-state index in [1.54, 1.807) is 16.7 Å². The summed E-state index contributed by atoms with van der Waals surface area (Å²) < 4.78 is 9.38. The zero-order valence-corrected chi connectivity index (χ0v) is 16.1. The minimum atomic E-state index is -0.644. The van der Waals surface area contributed by atoms with Crippen molar-refractivity contribution in [3.8, 4) is 0 Å². The Kier molecular flexibility index (Phi) is 5.14. The number of fused-ring (bicyclic) bond motifs is 1. The highest BCUT2D eigenvalue weighted by atomic mass is 32.2. The largest absolute Gasteiger partial charge is 0.465 e. The molecule has 2 amide bonds. The van der Waals surface area contributed by atoms with E-state index in [4.69, 9.17) is 0 Å². The first-order valence-electron chi connectivity index (χ1n) is 8.38. The second-order valence-corrected chi connectivity index (χ2v) is 8.04. The number of nitrogens with zero attached hydrogens (tertiary/aromatic N) is 1. The first-order valence-corrected chi connectivity index (χ1v) is 9.36. The number of ether oxygens (including phenoxy) is 2. The Balaban J connectivity index is 1.86. The van der Waals surface area contributed by atoms with Crippen LogP contribution in [-0.4, -0.2) is 59.5 Å². The van der Waals surface area contributed by atoms with Gasteiger partial charge < -0.3 is 19.7 Å². The van der Waals surface area contributed by atoms with Gasteiger partial charge in [0.15, 0.2) is 0 Å². The van der Waals surface area contributed by atoms with E-state index in [0.717, 1.165) is 0 Å². The number of esters is 2. The molecular formula is C18H20N2O6S. The number of nitrogens with one attached hydrogen (secondary N) is 1. The van der Waals surface area contributed by atoms with Crippen LogP contribution in [0.4, 0.5) is 5.69 Å². The molecule has 1 aromatic rings. The van der Waals surface area contributed by atoms with E-state index in [1.165, 1.54) is 32.4 Å². The van der Waals surface area contributed by atoms with E-state index < -0.39 is 18.0 Å². The Hall–Kier alpha value is -2.55. The van der Waals surface area contributed by atoms with Crippen LogP contribution in [-0.2, 0) is 19.1 Å². The van der Waals surface area contributed by atoms with Gasteiger partial charge in [0, 0.05) is 17.9 Å². The van der Waals surface area contributed by atoms with Crippen molar-refractivity contribution >= 4 is 41.2 Å². The Bertz CT molecular complexity index is 792. The first-order chi connectivity index (χ1) is 12.8. The molecule has 0 spiro atoms. The molecule has 2 fully saturated rings. The summed E-state index contributed by atoms with van der Waals surface area (Å²) in [6, 6.07) is 3.57. The van der Waals surface area contributed by atoms with E-state index in [0.29, 0.717) is 18.6 Å². The van der Waals surface area contributed by atoms with E-state index >= 15 is 0 Å². The number of thioether (sulfide) groups is 1. The third kappa shape index (κ3) is 3.51. The molecule has 9 heteroatoms. The molecule has 2 atom stereocenters. The van der Waals surface area contributed by atoms with Crippen molar-refractivity contribution in [2.24, 2.45) is 0 Å². The standard InChI is InChI=1S/C18H20N2O6S/c1-18-5-4-14(21)20(18)13(9-27-18)15(22)19-12-7-10(16(23)25-2)6-11(8-12)17(24)26-3/h6-8,13H,4-5,9H2,1-3H3,(H,19,22)/t13-,18+/m0/s1. The maximum absolute atomic E-state index is 12.8. The second-order valence-electron chi connectivity index (χ2n) is 6.54. The Labute approximate surface area is 160 Å². The average molecular weight is 392 g/mol. The number of hydrogen-bond donors (Lipinski definition) is 1. The highest BCUT2D eigenvalue weighted by Crippen LogP contribution is 2.47. The zero-order valence-electron chi connectivity index (χ0n) is 15.2. The fraction of sp³-hybridized carbons (Fsp3) is 0.444. The Morgan fingerprint density at radius 2 is 1.74 bits per heavy atom. The molecule has 0 saturated carbocycles. The van der Waals surface area contributed by atoms with Gasteiger partial charge in [-0.1, -0.05) is 0 Å². The number of benzene rings is 1. The highest BCUT2D eigenvalue weighted by molar-refractivity contribution is 8.01. The monoisotopic (exact) mass is 392 g/mol. The molecule has 2 aliphatic rings. The van der Waals surface area contributed by atoms with Crippen molar-refractivity contribution < 1.29 is 28.7 Å². The lowest BCUT2D eigenvalue weighted by atomic mass is 10.1. The van der Waals surface area contributed by atoms with Crippen molar-refractivity contribution in [2.75, 3.05) is 25.3 Å². The smallest absolute Gasteiger partial charge is 0.337 e. The molecule has 0 unspecified atom stereocenters. The Morgan fingerprint density at radius 1 is 1.15 bits per heavy atom. The summed E-state index contributed by atoms with van der Waals surface area (Å²) in [6.45, 7) is 1.96. The summed E-state index contributed by atoms with van der Waals surface area (Å²) >= 11 is 1.59. The molecule has 2 heterocycles. The van der Waals surface area contributed by atoms with Crippen LogP contribution in [0.15, 0.2) is 18.2 Å². The van der Waals surface area contributed by atoms with Crippen LogP contribution in [0.1, 0.15) is 40.5 Å². The summed E-state index contributed by atoms with van der Waals surface area (Å²) in [6.07, 6.45) is 1.14. The number of carbonyl (C=O) groups is 4. The Morgan fingerprint density at radius 3 is 2.30 bits per heavy atom. The molecular weight excluding hydrogens is 372 g/mol. The minimum Gasteiger partial charge on any atom is -0.465 e. The van der Waals surface area contributed by atoms with Gasteiger partial charge in [0.05, 0.1) is 30.2 Å². The predicted octanol–water partition coefficient (Wildman–Crippen LogP) is 1.65. The molecule has 144 valence electrons. The van der Waals surface area contributed by atoms with Crippen LogP contribution in [0, 0.1) is 0 Å². The predicted molar refractivity (Wildman–Crippen MR) is 98.5 cm³/mol. The zero-order chi connectivity index (χ0) is 19.8. The lowest BCUT2D eigenvalue weighted by molar-refractivity contribution is -0.135. The molecule has 0 radical (unpaired) electrons. The third-order valence-electron chi connectivity index (χ3n) is 4.79. The lowest BCUT2D eigenvalue weighted by Gasteiger charge is -2.29. The second kappa shape index (κ2) is 7.22. The summed E-state index contributed by atoms with van der Waals surface area (Å²) in [5.74, 6) is -1.19. The van der Waals surface area contributed by atoms with Crippen LogP contribution in [0.2, 0.25) is 0 Å². The third-order valence-corrected chi connectivity index (χ3v) is 6.30. The molecule has 0 aromatic heterocycles. The summed E-state index contributed by atoms with van der Waals surface area (Å²) in [4.78, 5) is 50.0. The average Bonchev–Trinajstić information content (AvgIpc) is 3.16. The van der Waals surface area contributed by atoms with Gasteiger partial charge in [0.25, 0.3) is 0 Å². The molecule has 0 bridgehead atoms. The number of anilines is 1. The van der Waals surface area contributed by atoms with Gasteiger partial charge in [-0.25, -0.2) is 9.59 Å². The molecule has 0 aliphatic carbocycles. The summed E-state index contributed by atoms with van der Waals surface area (Å²) in [5.41, 5.74) is 0.478. The van der Waals surface area contributed by atoms with Crippen LogP contribution in [0.25, 0.3) is 0 Å². The van der Waals surface area contributed by atoms with Gasteiger partial charge in [-0.2, -0.15) is 0 Å². The van der Waals surface area contributed by atoms with E-state index in [-0.39, 0.29) is 33.5 Å². The molecule has 3 rings (SSSR count). The molecule has 1 aromatic carbocycles. The normalized spacial score (nSPS) is 23.7. The number of hydrogen-bond acceptors (Lipinski definition) is 7. The number of carbonyl (C=O) groups excluding carboxylic acids is 4. The maximum Gasteiger partial charge on any atom is 0.337 e. The van der Waals surface area contributed by atoms with Gasteiger partial charge in [-0.3, -0.25) is 9.59 Å². The lowest BCUT2D eigenvalue weighted by Crippen LogP contribution is -2.48. The van der Waals surface area contributed by atoms with Gasteiger partial charge >= 0.3 is 11.9 Å². The van der Waals surface area contributed by atoms with Gasteiger partial charge in [-0.05, 0) is 31.5 Å². The minimum absolute atomic E-state index is 0.0405. The topological polar surface area (TPSA) is 102 Å². The van der Waals surface area contributed by atoms with Crippen molar-refractivity contribution in [1.82, 2.24) is 4.90 Å². The van der Waals surface area contributed by atoms with Gasteiger partial charge in [0.2, 0.25) is 11.8 Å². The summed E-state index contributed by atoms with van der Waals surface area (Å²) in [7, 11) is 2.45. The fourth-order valence-electron chi connectivity index (χ4n) is 3.41. The van der Waals surface area contributed by atoms with Crippen LogP contribution >= 0.6 is 11.8 Å². The highest BCUT2D eigenvalue weighted by Gasteiger charge is 2.52. The van der Waals surface area contributed by atoms with Crippen molar-refractivity contribution in [2.45, 2.75) is 30.7 Å². The van der Waals surface area contributed by atoms with Crippen molar-refractivity contribution in [3.63, 3.8) is 0 Å². The van der Waals surface area contributed by atoms with E-state index in [2.05, 4.69) is 14.8 Å². The maximum atomic E-state index is 12.8. The number of methoxy groups -OCH3 is 2. The molecule has 2 saturated heterocycles. The first kappa shape index (κ1) is 19.2. The molecule has 27 heavy (non-hydrogen) atoms. The quantitative estimate of drug-likeness (QED) is 0.778. The number of amides is 2. The number of rotatable bonds is 4. The molecule has 1 N–H and O–H groups in total. The SMILES string of the molecule is COC(=O)c1cc(NC(=O)[C@@H]2CS[C@]3(C)CCC(=O)N23)cc(C(=O)OC)c1. The molecule has 8 nitrogen and oxygen atoms in total. The van der Waals surface area contributed by atoms with Gasteiger partial charge in [0.1, 0.15) is 6.04 Å². The van der Waals surface area contributed by atoms with E-state index in [1.807, 2.05) is 6.92 Å². The fourth-order valence-corrected chi connectivity index (χ4v) is 4.84. The van der Waals surface area contributed by atoms with E-state index in [9.17, 15) is 19.2 Å².